The van der Waals surface area contributed by atoms with Gasteiger partial charge in [0.2, 0.25) is 0 Å². The Balaban J connectivity index is 4.76. The van der Waals surface area contributed by atoms with Crippen LogP contribution in [0, 0.1) is 11.8 Å². The Hall–Kier alpha value is -0.260. The van der Waals surface area contributed by atoms with Crippen LogP contribution in [0.1, 0.15) is 207 Å². The Morgan fingerprint density at radius 1 is 0.306 bits per heavy atom. The number of allylic oxidation sites excluding steroid dienone is 2. The summed E-state index contributed by atoms with van der Waals surface area (Å²) >= 11 is 0. The van der Waals surface area contributed by atoms with Crippen molar-refractivity contribution in [3.05, 3.63) is 12.2 Å². The van der Waals surface area contributed by atoms with Crippen LogP contribution in [-0.2, 0) is 0 Å². The van der Waals surface area contributed by atoms with Gasteiger partial charge < -0.3 is 0 Å². The largest absolute Gasteiger partial charge is 0.0885 e. The van der Waals surface area contributed by atoms with E-state index in [0.717, 1.165) is 11.8 Å². The molecule has 36 heavy (non-hydrogen) atoms. The summed E-state index contributed by atoms with van der Waals surface area (Å²) in [6, 6.07) is 0. The van der Waals surface area contributed by atoms with Crippen LogP contribution < -0.4 is 0 Å². The molecule has 0 aliphatic carbocycles. The quantitative estimate of drug-likeness (QED) is 0.0673. The van der Waals surface area contributed by atoms with Crippen molar-refractivity contribution >= 4 is 0 Å². The van der Waals surface area contributed by atoms with E-state index in [9.17, 15) is 0 Å². The van der Waals surface area contributed by atoms with Gasteiger partial charge in [0.15, 0.2) is 0 Å². The molecule has 0 aromatic rings. The molecule has 0 N–H and O–H groups in total. The van der Waals surface area contributed by atoms with Crippen molar-refractivity contribution in [2.45, 2.75) is 207 Å². The maximum absolute atomic E-state index is 2.54. The van der Waals surface area contributed by atoms with E-state index < -0.39 is 0 Å². The molecule has 0 rings (SSSR count). The highest BCUT2D eigenvalue weighted by atomic mass is 14.3. The Morgan fingerprint density at radius 2 is 0.611 bits per heavy atom. The van der Waals surface area contributed by atoms with Gasteiger partial charge in [-0.15, -0.1) is 0 Å². The first-order chi connectivity index (χ1) is 17.8. The van der Waals surface area contributed by atoms with Gasteiger partial charge in [-0.05, 0) is 37.5 Å². The molecule has 0 heteroatoms. The van der Waals surface area contributed by atoms with E-state index in [0.29, 0.717) is 0 Å². The smallest absolute Gasteiger partial charge is 0.0348 e. The minimum absolute atomic E-state index is 0.979. The van der Waals surface area contributed by atoms with E-state index in [4.69, 9.17) is 0 Å². The Morgan fingerprint density at radius 3 is 1.03 bits per heavy atom. The maximum atomic E-state index is 2.54. The van der Waals surface area contributed by atoms with Crippen molar-refractivity contribution in [3.8, 4) is 0 Å². The fourth-order valence-corrected chi connectivity index (χ4v) is 6.03. The summed E-state index contributed by atoms with van der Waals surface area (Å²) in [6.07, 6.45) is 45.4. The summed E-state index contributed by atoms with van der Waals surface area (Å²) in [5.41, 5.74) is 0. The Labute approximate surface area is 231 Å². The lowest BCUT2D eigenvalue weighted by Gasteiger charge is -2.28. The summed E-state index contributed by atoms with van der Waals surface area (Å²) < 4.78 is 0. The highest BCUT2D eigenvalue weighted by molar-refractivity contribution is 4.83. The minimum atomic E-state index is 0.979. The maximum Gasteiger partial charge on any atom is -0.0348 e. The fraction of sp³-hybridized carbons (Fsp3) is 0.944. The second kappa shape index (κ2) is 31.0. The zero-order valence-corrected chi connectivity index (χ0v) is 26.1. The molecule has 0 saturated carbocycles. The third kappa shape index (κ3) is 25.4. The summed E-state index contributed by atoms with van der Waals surface area (Å²) in [5, 5.41) is 0. The van der Waals surface area contributed by atoms with Crippen LogP contribution in [0.3, 0.4) is 0 Å². The van der Waals surface area contributed by atoms with Crippen LogP contribution in [-0.4, -0.2) is 0 Å². The first-order valence-corrected chi connectivity index (χ1v) is 17.4. The molecule has 0 spiro atoms. The second-order valence-corrected chi connectivity index (χ2v) is 12.1. The van der Waals surface area contributed by atoms with E-state index in [2.05, 4.69) is 39.8 Å². The summed E-state index contributed by atoms with van der Waals surface area (Å²) in [7, 11) is 0. The lowest BCUT2D eigenvalue weighted by molar-refractivity contribution is 0.243. The summed E-state index contributed by atoms with van der Waals surface area (Å²) in [4.78, 5) is 0. The van der Waals surface area contributed by atoms with Crippen LogP contribution in [0.25, 0.3) is 0 Å². The zero-order chi connectivity index (χ0) is 26.4. The number of rotatable bonds is 30. The Kier molecular flexibility index (Phi) is 30.7. The second-order valence-electron chi connectivity index (χ2n) is 12.1. The fourth-order valence-electron chi connectivity index (χ4n) is 6.03. The number of unbranched alkanes of at least 4 members (excludes halogenated alkanes) is 19. The third-order valence-corrected chi connectivity index (χ3v) is 8.55. The lowest BCUT2D eigenvalue weighted by atomic mass is 9.78. The van der Waals surface area contributed by atoms with Crippen molar-refractivity contribution in [1.29, 1.82) is 0 Å². The van der Waals surface area contributed by atoms with Gasteiger partial charge in [0.05, 0.1) is 0 Å². The van der Waals surface area contributed by atoms with Gasteiger partial charge in [-0.1, -0.05) is 194 Å². The minimum Gasteiger partial charge on any atom is -0.0885 e. The van der Waals surface area contributed by atoms with Crippen molar-refractivity contribution < 1.29 is 0 Å². The van der Waals surface area contributed by atoms with Crippen LogP contribution in [0.5, 0.6) is 0 Å². The van der Waals surface area contributed by atoms with Crippen LogP contribution >= 0.6 is 0 Å². The molecule has 0 radical (unpaired) electrons. The van der Waals surface area contributed by atoms with E-state index in [-0.39, 0.29) is 0 Å². The van der Waals surface area contributed by atoms with Gasteiger partial charge in [-0.3, -0.25) is 0 Å². The van der Waals surface area contributed by atoms with Crippen molar-refractivity contribution in [1.82, 2.24) is 0 Å². The molecule has 0 aliphatic rings. The molecule has 2 atom stereocenters. The summed E-state index contributed by atoms with van der Waals surface area (Å²) in [5.74, 6) is 1.98. The third-order valence-electron chi connectivity index (χ3n) is 8.55. The van der Waals surface area contributed by atoms with E-state index in [1.165, 1.54) is 180 Å². The zero-order valence-electron chi connectivity index (χ0n) is 26.1. The molecule has 0 nitrogen and oxygen atoms in total. The Bertz CT molecular complexity index is 408. The molecule has 0 aromatic heterocycles. The van der Waals surface area contributed by atoms with Gasteiger partial charge >= 0.3 is 0 Å². The molecule has 216 valence electrons. The monoisotopic (exact) mass is 505 g/mol. The van der Waals surface area contributed by atoms with Gasteiger partial charge in [0.25, 0.3) is 0 Å². The number of hydrogen-bond acceptors (Lipinski definition) is 0. The molecule has 2 unspecified atom stereocenters. The molecule has 0 amide bonds. The van der Waals surface area contributed by atoms with E-state index in [1.807, 2.05) is 0 Å². The van der Waals surface area contributed by atoms with Crippen molar-refractivity contribution in [3.63, 3.8) is 0 Å². The van der Waals surface area contributed by atoms with Gasteiger partial charge in [0, 0.05) is 0 Å². The van der Waals surface area contributed by atoms with Gasteiger partial charge in [0.1, 0.15) is 0 Å². The predicted molar refractivity (Wildman–Crippen MR) is 168 cm³/mol. The molecule has 0 fully saturated rings. The molecule has 0 aromatic carbocycles. The van der Waals surface area contributed by atoms with Crippen molar-refractivity contribution in [2.24, 2.45) is 11.8 Å². The molecular formula is C36H72. The average molecular weight is 505 g/mol. The summed E-state index contributed by atoms with van der Waals surface area (Å²) in [6.45, 7) is 9.31. The van der Waals surface area contributed by atoms with Crippen LogP contribution in [0.15, 0.2) is 12.2 Å². The van der Waals surface area contributed by atoms with E-state index in [1.54, 1.807) is 0 Å². The predicted octanol–water partition coefficient (Wildman–Crippen LogP) is 13.8. The van der Waals surface area contributed by atoms with Crippen LogP contribution in [0.4, 0.5) is 0 Å². The molecule has 0 aliphatic heterocycles. The van der Waals surface area contributed by atoms with Crippen molar-refractivity contribution in [2.75, 3.05) is 0 Å². The SMILES string of the molecule is CCCCC/C=C\CCC(CCCCCCCC)C(CCCCCCCC)CCCCCCCCC. The number of hydrogen-bond donors (Lipinski definition) is 0. The van der Waals surface area contributed by atoms with Gasteiger partial charge in [-0.25, -0.2) is 0 Å². The molecular weight excluding hydrogens is 432 g/mol. The first kappa shape index (κ1) is 35.7. The van der Waals surface area contributed by atoms with Crippen LogP contribution in [0.2, 0.25) is 0 Å². The normalized spacial score (nSPS) is 13.6. The average Bonchev–Trinajstić information content (AvgIpc) is 2.89. The lowest BCUT2D eigenvalue weighted by Crippen LogP contribution is -2.16. The molecule has 0 saturated heterocycles. The molecule has 0 bridgehead atoms. The highest BCUT2D eigenvalue weighted by Gasteiger charge is 2.20. The van der Waals surface area contributed by atoms with Gasteiger partial charge in [-0.2, -0.15) is 0 Å². The first-order valence-electron chi connectivity index (χ1n) is 17.4. The highest BCUT2D eigenvalue weighted by Crippen LogP contribution is 2.33. The molecule has 0 heterocycles. The standard InChI is InChI=1S/C36H72/c1-5-9-13-17-21-25-29-33-35(31-27-23-19-15-11-7-3)36(32-28-24-20-16-12-8-4)34-30-26-22-18-14-10-6-2/h21,25,35-36H,5-20,22-24,26-34H2,1-4H3/b25-21-. The topological polar surface area (TPSA) is 0 Å². The van der Waals surface area contributed by atoms with E-state index >= 15 is 0 Å².